The van der Waals surface area contributed by atoms with Crippen LogP contribution in [-0.4, -0.2) is 21.5 Å². The highest BCUT2D eigenvalue weighted by Crippen LogP contribution is 2.05. The Morgan fingerprint density at radius 2 is 2.27 bits per heavy atom. The van der Waals surface area contributed by atoms with Gasteiger partial charge in [0.1, 0.15) is 10.7 Å². The summed E-state index contributed by atoms with van der Waals surface area (Å²) in [4.78, 5) is 8.77. The van der Waals surface area contributed by atoms with Crippen molar-refractivity contribution in [3.8, 4) is 0 Å². The lowest BCUT2D eigenvalue weighted by atomic mass is 10.3. The third kappa shape index (κ3) is 3.79. The van der Waals surface area contributed by atoms with Gasteiger partial charge in [-0.1, -0.05) is 25.6 Å². The number of aryl methyl sites for hydroxylation is 1. The minimum Gasteiger partial charge on any atom is -0.388 e. The van der Waals surface area contributed by atoms with Crippen molar-refractivity contribution in [2.45, 2.75) is 26.7 Å². The predicted molar refractivity (Wildman–Crippen MR) is 66.1 cm³/mol. The van der Waals surface area contributed by atoms with Crippen molar-refractivity contribution in [3.05, 3.63) is 17.5 Å². The third-order valence-corrected chi connectivity index (χ3v) is 2.13. The fourth-order valence-corrected chi connectivity index (χ4v) is 1.26. The number of nitrogens with one attached hydrogen (secondary N) is 1. The first-order valence-electron chi connectivity index (χ1n) is 5.03. The summed E-state index contributed by atoms with van der Waals surface area (Å²) >= 11 is 4.88. The molecular formula is C10H16N4S. The van der Waals surface area contributed by atoms with Gasteiger partial charge in [0, 0.05) is 12.2 Å². The Bertz CT molecular complexity index is 351. The Morgan fingerprint density at radius 3 is 2.87 bits per heavy atom. The zero-order chi connectivity index (χ0) is 11.3. The molecule has 15 heavy (non-hydrogen) atoms. The van der Waals surface area contributed by atoms with Crippen molar-refractivity contribution in [1.82, 2.24) is 9.97 Å². The first-order chi connectivity index (χ1) is 7.13. The minimum absolute atomic E-state index is 0.305. The van der Waals surface area contributed by atoms with E-state index >= 15 is 0 Å². The van der Waals surface area contributed by atoms with Crippen LogP contribution in [0.1, 0.15) is 31.2 Å². The van der Waals surface area contributed by atoms with E-state index in [9.17, 15) is 0 Å². The molecule has 0 spiro atoms. The van der Waals surface area contributed by atoms with Crippen molar-refractivity contribution in [2.75, 3.05) is 11.9 Å². The van der Waals surface area contributed by atoms with Gasteiger partial charge in [-0.15, -0.1) is 0 Å². The van der Waals surface area contributed by atoms with Gasteiger partial charge in [-0.2, -0.15) is 0 Å². The lowest BCUT2D eigenvalue weighted by Gasteiger charge is -2.06. The summed E-state index contributed by atoms with van der Waals surface area (Å²) in [5.41, 5.74) is 7.01. The molecule has 0 aliphatic rings. The second-order valence-corrected chi connectivity index (χ2v) is 3.80. The molecular weight excluding hydrogens is 208 g/mol. The first kappa shape index (κ1) is 11.8. The molecule has 5 heteroatoms. The van der Waals surface area contributed by atoms with Gasteiger partial charge < -0.3 is 11.1 Å². The van der Waals surface area contributed by atoms with Crippen molar-refractivity contribution < 1.29 is 0 Å². The Balaban J connectivity index is 2.75. The fourth-order valence-electron chi connectivity index (χ4n) is 1.15. The molecule has 0 aliphatic heterocycles. The monoisotopic (exact) mass is 224 g/mol. The van der Waals surface area contributed by atoms with E-state index < -0.39 is 0 Å². The fraction of sp³-hybridized carbons (Fsp3) is 0.500. The molecule has 0 unspecified atom stereocenters. The molecule has 3 N–H and O–H groups in total. The van der Waals surface area contributed by atoms with Gasteiger partial charge in [0.15, 0.2) is 0 Å². The van der Waals surface area contributed by atoms with Crippen LogP contribution in [-0.2, 0) is 0 Å². The van der Waals surface area contributed by atoms with Crippen LogP contribution in [0.4, 0.5) is 5.95 Å². The van der Waals surface area contributed by atoms with Crippen LogP contribution in [0.2, 0.25) is 0 Å². The molecule has 0 saturated heterocycles. The van der Waals surface area contributed by atoms with Crippen LogP contribution in [0.25, 0.3) is 0 Å². The molecule has 0 radical (unpaired) electrons. The average Bonchev–Trinajstić information content (AvgIpc) is 2.17. The van der Waals surface area contributed by atoms with Gasteiger partial charge in [-0.05, 0) is 19.4 Å². The second kappa shape index (κ2) is 5.60. The molecule has 0 fully saturated rings. The zero-order valence-electron chi connectivity index (χ0n) is 9.08. The van der Waals surface area contributed by atoms with E-state index in [1.54, 1.807) is 6.07 Å². The number of unbranched alkanes of at least 4 members (excludes halogenated alkanes) is 1. The Morgan fingerprint density at radius 1 is 1.53 bits per heavy atom. The van der Waals surface area contributed by atoms with Crippen LogP contribution >= 0.6 is 12.2 Å². The number of aromatic nitrogens is 2. The van der Waals surface area contributed by atoms with Gasteiger partial charge in [0.2, 0.25) is 5.95 Å². The number of nitrogens with zero attached hydrogens (tertiary/aromatic N) is 2. The summed E-state index contributed by atoms with van der Waals surface area (Å²) in [5.74, 6) is 0.603. The van der Waals surface area contributed by atoms with Gasteiger partial charge in [-0.3, -0.25) is 0 Å². The van der Waals surface area contributed by atoms with Crippen molar-refractivity contribution in [2.24, 2.45) is 5.73 Å². The molecule has 1 aromatic heterocycles. The summed E-state index contributed by atoms with van der Waals surface area (Å²) in [6, 6.07) is 1.79. The molecule has 0 saturated carbocycles. The maximum Gasteiger partial charge on any atom is 0.223 e. The summed E-state index contributed by atoms with van der Waals surface area (Å²) in [6.07, 6.45) is 2.24. The molecule has 82 valence electrons. The summed E-state index contributed by atoms with van der Waals surface area (Å²) in [5, 5.41) is 3.14. The maximum atomic E-state index is 5.52. The van der Waals surface area contributed by atoms with Crippen molar-refractivity contribution in [1.29, 1.82) is 0 Å². The van der Waals surface area contributed by atoms with Crippen LogP contribution in [0, 0.1) is 6.92 Å². The Hall–Kier alpha value is -1.23. The van der Waals surface area contributed by atoms with Gasteiger partial charge in [-0.25, -0.2) is 9.97 Å². The Labute approximate surface area is 95.3 Å². The average molecular weight is 224 g/mol. The summed E-state index contributed by atoms with van der Waals surface area (Å²) in [6.45, 7) is 4.91. The van der Waals surface area contributed by atoms with Crippen molar-refractivity contribution in [3.63, 3.8) is 0 Å². The number of thiocarbonyl (C=S) groups is 1. The standard InChI is InChI=1S/C10H16N4S/c1-3-4-5-12-10-13-7(2)6-8(14-10)9(11)15/h6H,3-5H2,1-2H3,(H2,11,15)(H,12,13,14). The van der Waals surface area contributed by atoms with Gasteiger partial charge in [0.25, 0.3) is 0 Å². The van der Waals surface area contributed by atoms with E-state index in [-0.39, 0.29) is 0 Å². The van der Waals surface area contributed by atoms with Crippen LogP contribution < -0.4 is 11.1 Å². The van der Waals surface area contributed by atoms with Crippen LogP contribution in [0.5, 0.6) is 0 Å². The maximum absolute atomic E-state index is 5.52. The molecule has 4 nitrogen and oxygen atoms in total. The molecule has 1 heterocycles. The number of hydrogen-bond acceptors (Lipinski definition) is 4. The van der Waals surface area contributed by atoms with E-state index in [2.05, 4.69) is 22.2 Å². The SMILES string of the molecule is CCCCNc1nc(C)cc(C(N)=S)n1. The highest BCUT2D eigenvalue weighted by molar-refractivity contribution is 7.80. The molecule has 0 atom stereocenters. The molecule has 1 aromatic rings. The van der Waals surface area contributed by atoms with E-state index in [1.165, 1.54) is 0 Å². The van der Waals surface area contributed by atoms with E-state index in [4.69, 9.17) is 18.0 Å². The highest BCUT2D eigenvalue weighted by Gasteiger charge is 2.03. The first-order valence-corrected chi connectivity index (χ1v) is 5.43. The smallest absolute Gasteiger partial charge is 0.223 e. The topological polar surface area (TPSA) is 63.8 Å². The lowest BCUT2D eigenvalue weighted by Crippen LogP contribution is -2.15. The van der Waals surface area contributed by atoms with Crippen LogP contribution in [0.3, 0.4) is 0 Å². The number of hydrogen-bond donors (Lipinski definition) is 2. The van der Waals surface area contributed by atoms with E-state index in [1.807, 2.05) is 6.92 Å². The molecule has 0 aromatic carbocycles. The normalized spacial score (nSPS) is 10.0. The van der Waals surface area contributed by atoms with E-state index in [0.29, 0.717) is 16.6 Å². The zero-order valence-corrected chi connectivity index (χ0v) is 9.90. The van der Waals surface area contributed by atoms with Crippen LogP contribution in [0.15, 0.2) is 6.07 Å². The second-order valence-electron chi connectivity index (χ2n) is 3.36. The number of rotatable bonds is 5. The lowest BCUT2D eigenvalue weighted by molar-refractivity contribution is 0.825. The highest BCUT2D eigenvalue weighted by atomic mass is 32.1. The molecule has 0 amide bonds. The van der Waals surface area contributed by atoms with Gasteiger partial charge in [0.05, 0.1) is 0 Å². The predicted octanol–water partition coefficient (Wildman–Crippen LogP) is 1.63. The quantitative estimate of drug-likeness (QED) is 0.588. The molecule has 0 bridgehead atoms. The molecule has 0 aliphatic carbocycles. The third-order valence-electron chi connectivity index (χ3n) is 1.92. The largest absolute Gasteiger partial charge is 0.388 e. The summed E-state index contributed by atoms with van der Waals surface area (Å²) < 4.78 is 0. The van der Waals surface area contributed by atoms with Gasteiger partial charge >= 0.3 is 0 Å². The Kier molecular flexibility index (Phi) is 4.42. The molecule has 1 rings (SSSR count). The summed E-state index contributed by atoms with van der Waals surface area (Å²) in [7, 11) is 0. The number of anilines is 1. The number of nitrogens with two attached hydrogens (primary N) is 1. The van der Waals surface area contributed by atoms with Crippen molar-refractivity contribution >= 4 is 23.2 Å². The van der Waals surface area contributed by atoms with E-state index in [0.717, 1.165) is 25.1 Å². The minimum atomic E-state index is 0.305.